The van der Waals surface area contributed by atoms with Crippen molar-refractivity contribution in [3.8, 4) is 5.69 Å². The molecule has 1 aromatic carbocycles. The van der Waals surface area contributed by atoms with Gasteiger partial charge in [0.25, 0.3) is 5.91 Å². The number of aromatic nitrogens is 2. The van der Waals surface area contributed by atoms with E-state index >= 15 is 0 Å². The monoisotopic (exact) mass is 270 g/mol. The van der Waals surface area contributed by atoms with Gasteiger partial charge in [0.2, 0.25) is 0 Å². The topological polar surface area (TPSA) is 64.2 Å². The zero-order chi connectivity index (χ0) is 13.9. The third kappa shape index (κ3) is 2.58. The Morgan fingerprint density at radius 1 is 1.20 bits per heavy atom. The summed E-state index contributed by atoms with van der Waals surface area (Å²) in [7, 11) is 0. The number of hydrogen-bond acceptors (Lipinski definition) is 3. The molecule has 104 valence electrons. The normalized spacial score (nSPS) is 16.4. The highest BCUT2D eigenvalue weighted by atomic mass is 16.2. The second kappa shape index (κ2) is 5.46. The number of hydrogen-bond donors (Lipinski definition) is 1. The van der Waals surface area contributed by atoms with Crippen molar-refractivity contribution in [3.63, 3.8) is 0 Å². The zero-order valence-corrected chi connectivity index (χ0v) is 11.3. The summed E-state index contributed by atoms with van der Waals surface area (Å²) < 4.78 is 1.91. The first-order valence-electron chi connectivity index (χ1n) is 6.87. The molecule has 0 saturated carbocycles. The Morgan fingerprint density at radius 2 is 1.90 bits per heavy atom. The Hall–Kier alpha value is -2.14. The summed E-state index contributed by atoms with van der Waals surface area (Å²) >= 11 is 0. The lowest BCUT2D eigenvalue weighted by Gasteiger charge is -2.30. The maximum absolute atomic E-state index is 12.4. The van der Waals surface area contributed by atoms with E-state index in [-0.39, 0.29) is 11.9 Å². The van der Waals surface area contributed by atoms with Crippen LogP contribution in [-0.4, -0.2) is 39.5 Å². The second-order valence-corrected chi connectivity index (χ2v) is 5.15. The van der Waals surface area contributed by atoms with Crippen molar-refractivity contribution in [2.24, 2.45) is 5.73 Å². The molecule has 2 aromatic rings. The van der Waals surface area contributed by atoms with Gasteiger partial charge in [-0.2, -0.15) is 0 Å². The van der Waals surface area contributed by atoms with Crippen LogP contribution < -0.4 is 5.73 Å². The molecule has 1 aliphatic rings. The SMILES string of the molecule is NC1CCN(C(=O)c2ccc(-n3ccnc3)cc2)CC1. The van der Waals surface area contributed by atoms with Gasteiger partial charge in [0.15, 0.2) is 0 Å². The zero-order valence-electron chi connectivity index (χ0n) is 11.3. The molecule has 0 unspecified atom stereocenters. The molecule has 5 nitrogen and oxygen atoms in total. The Labute approximate surface area is 118 Å². The van der Waals surface area contributed by atoms with Gasteiger partial charge in [0, 0.05) is 42.8 Å². The van der Waals surface area contributed by atoms with E-state index in [0.717, 1.165) is 37.2 Å². The van der Waals surface area contributed by atoms with E-state index in [9.17, 15) is 4.79 Å². The Morgan fingerprint density at radius 3 is 2.50 bits per heavy atom. The van der Waals surface area contributed by atoms with E-state index < -0.39 is 0 Å². The first-order chi connectivity index (χ1) is 9.74. The van der Waals surface area contributed by atoms with Crippen molar-refractivity contribution >= 4 is 5.91 Å². The maximum Gasteiger partial charge on any atom is 0.253 e. The summed E-state index contributed by atoms with van der Waals surface area (Å²) in [5, 5.41) is 0. The standard InChI is InChI=1S/C15H18N4O/c16-13-5-8-18(9-6-13)15(20)12-1-3-14(4-2-12)19-10-7-17-11-19/h1-4,7,10-11,13H,5-6,8-9,16H2. The van der Waals surface area contributed by atoms with E-state index in [1.807, 2.05) is 39.9 Å². The highest BCUT2D eigenvalue weighted by Crippen LogP contribution is 2.15. The van der Waals surface area contributed by atoms with Crippen LogP contribution in [0.15, 0.2) is 43.0 Å². The minimum atomic E-state index is 0.0917. The van der Waals surface area contributed by atoms with Gasteiger partial charge in [-0.1, -0.05) is 0 Å². The molecule has 0 spiro atoms. The third-order valence-corrected chi connectivity index (χ3v) is 3.74. The largest absolute Gasteiger partial charge is 0.339 e. The fraction of sp³-hybridized carbons (Fsp3) is 0.333. The van der Waals surface area contributed by atoms with Gasteiger partial charge in [-0.05, 0) is 37.1 Å². The minimum absolute atomic E-state index is 0.0917. The van der Waals surface area contributed by atoms with Crippen LogP contribution in [0.3, 0.4) is 0 Å². The molecule has 1 aliphatic heterocycles. The summed E-state index contributed by atoms with van der Waals surface area (Å²) in [4.78, 5) is 18.3. The van der Waals surface area contributed by atoms with Crippen LogP contribution in [-0.2, 0) is 0 Å². The van der Waals surface area contributed by atoms with Crippen molar-refractivity contribution in [1.29, 1.82) is 0 Å². The first-order valence-corrected chi connectivity index (χ1v) is 6.87. The molecule has 0 atom stereocenters. The fourth-order valence-electron chi connectivity index (χ4n) is 2.47. The number of benzene rings is 1. The van der Waals surface area contributed by atoms with Crippen molar-refractivity contribution < 1.29 is 4.79 Å². The Kier molecular flexibility index (Phi) is 3.52. The number of likely N-dealkylation sites (tertiary alicyclic amines) is 1. The van der Waals surface area contributed by atoms with E-state index in [4.69, 9.17) is 5.73 Å². The van der Waals surface area contributed by atoms with Gasteiger partial charge in [-0.3, -0.25) is 4.79 Å². The number of amides is 1. The smallest absolute Gasteiger partial charge is 0.253 e. The van der Waals surface area contributed by atoms with Gasteiger partial charge in [-0.15, -0.1) is 0 Å². The van der Waals surface area contributed by atoms with Crippen molar-refractivity contribution in [3.05, 3.63) is 48.5 Å². The summed E-state index contributed by atoms with van der Waals surface area (Å²) in [6, 6.07) is 7.84. The van der Waals surface area contributed by atoms with Crippen LogP contribution >= 0.6 is 0 Å². The van der Waals surface area contributed by atoms with E-state index in [1.54, 1.807) is 12.5 Å². The molecule has 1 fully saturated rings. The molecule has 5 heteroatoms. The number of nitrogens with zero attached hydrogens (tertiary/aromatic N) is 3. The van der Waals surface area contributed by atoms with Crippen LogP contribution in [0.1, 0.15) is 23.2 Å². The highest BCUT2D eigenvalue weighted by Gasteiger charge is 2.21. The van der Waals surface area contributed by atoms with Gasteiger partial charge < -0.3 is 15.2 Å². The minimum Gasteiger partial charge on any atom is -0.339 e. The molecule has 1 saturated heterocycles. The molecule has 1 aromatic heterocycles. The van der Waals surface area contributed by atoms with Gasteiger partial charge in [-0.25, -0.2) is 4.98 Å². The number of carbonyl (C=O) groups is 1. The lowest BCUT2D eigenvalue weighted by Crippen LogP contribution is -2.42. The molecule has 0 radical (unpaired) electrons. The summed E-state index contributed by atoms with van der Waals surface area (Å²) in [5.74, 6) is 0.0917. The van der Waals surface area contributed by atoms with Gasteiger partial charge in [0.1, 0.15) is 0 Å². The molecule has 2 N–H and O–H groups in total. The summed E-state index contributed by atoms with van der Waals surface area (Å²) in [5.41, 5.74) is 7.59. The van der Waals surface area contributed by atoms with Crippen molar-refractivity contribution in [2.75, 3.05) is 13.1 Å². The average molecular weight is 270 g/mol. The number of imidazole rings is 1. The molecule has 3 rings (SSSR count). The van der Waals surface area contributed by atoms with E-state index in [1.165, 1.54) is 0 Å². The first kappa shape index (κ1) is 12.9. The molecule has 1 amide bonds. The molecular weight excluding hydrogens is 252 g/mol. The predicted octanol–water partition coefficient (Wildman–Crippen LogP) is 1.44. The van der Waals surface area contributed by atoms with Gasteiger partial charge in [0.05, 0.1) is 6.33 Å². The number of rotatable bonds is 2. The third-order valence-electron chi connectivity index (χ3n) is 3.74. The highest BCUT2D eigenvalue weighted by molar-refractivity contribution is 5.94. The average Bonchev–Trinajstić information content (AvgIpc) is 3.02. The maximum atomic E-state index is 12.4. The van der Waals surface area contributed by atoms with E-state index in [0.29, 0.717) is 0 Å². The molecule has 0 aliphatic carbocycles. The molecule has 20 heavy (non-hydrogen) atoms. The molecule has 2 heterocycles. The van der Waals surface area contributed by atoms with Crippen LogP contribution in [0.5, 0.6) is 0 Å². The summed E-state index contributed by atoms with van der Waals surface area (Å²) in [6.07, 6.45) is 7.12. The van der Waals surface area contributed by atoms with Gasteiger partial charge >= 0.3 is 0 Å². The molecule has 0 bridgehead atoms. The van der Waals surface area contributed by atoms with Crippen LogP contribution in [0.25, 0.3) is 5.69 Å². The number of nitrogens with two attached hydrogens (primary N) is 1. The van der Waals surface area contributed by atoms with Crippen molar-refractivity contribution in [1.82, 2.24) is 14.5 Å². The second-order valence-electron chi connectivity index (χ2n) is 5.15. The molecular formula is C15H18N4O. The van der Waals surface area contributed by atoms with Crippen LogP contribution in [0.2, 0.25) is 0 Å². The predicted molar refractivity (Wildman–Crippen MR) is 76.7 cm³/mol. The fourth-order valence-corrected chi connectivity index (χ4v) is 2.47. The van der Waals surface area contributed by atoms with E-state index in [2.05, 4.69) is 4.98 Å². The van der Waals surface area contributed by atoms with Crippen LogP contribution in [0.4, 0.5) is 0 Å². The lowest BCUT2D eigenvalue weighted by molar-refractivity contribution is 0.0715. The van der Waals surface area contributed by atoms with Crippen LogP contribution in [0, 0.1) is 0 Å². The Bertz CT molecular complexity index is 568. The summed E-state index contributed by atoms with van der Waals surface area (Å²) in [6.45, 7) is 1.51. The number of piperidine rings is 1. The quantitative estimate of drug-likeness (QED) is 0.898. The lowest BCUT2D eigenvalue weighted by atomic mass is 10.0. The number of carbonyl (C=O) groups excluding carboxylic acids is 1. The Balaban J connectivity index is 1.73. The van der Waals surface area contributed by atoms with Crippen molar-refractivity contribution in [2.45, 2.75) is 18.9 Å².